The summed E-state index contributed by atoms with van der Waals surface area (Å²) >= 11 is 12.2. The van der Waals surface area contributed by atoms with E-state index in [4.69, 9.17) is 32.7 Å². The molecule has 2 aliphatic heterocycles. The highest BCUT2D eigenvalue weighted by Gasteiger charge is 2.43. The van der Waals surface area contributed by atoms with Gasteiger partial charge in [0.15, 0.2) is 0 Å². The summed E-state index contributed by atoms with van der Waals surface area (Å²) in [6.07, 6.45) is 0. The zero-order valence-electron chi connectivity index (χ0n) is 15.7. The zero-order chi connectivity index (χ0) is 20.5. The van der Waals surface area contributed by atoms with E-state index < -0.39 is 11.8 Å². The largest absolute Gasteiger partial charge is 0.497 e. The quantitative estimate of drug-likeness (QED) is 0.690. The number of nitrogens with zero attached hydrogens (tertiary/aromatic N) is 2. The van der Waals surface area contributed by atoms with E-state index in [-0.39, 0.29) is 0 Å². The molecule has 2 aliphatic rings. The Morgan fingerprint density at radius 2 is 1.55 bits per heavy atom. The van der Waals surface area contributed by atoms with Gasteiger partial charge in [0, 0.05) is 23.1 Å². The van der Waals surface area contributed by atoms with E-state index in [0.29, 0.717) is 64.6 Å². The molecule has 2 heterocycles. The molecule has 1 fully saturated rings. The van der Waals surface area contributed by atoms with Crippen molar-refractivity contribution in [1.29, 1.82) is 0 Å². The van der Waals surface area contributed by atoms with Crippen molar-refractivity contribution in [3.8, 4) is 5.75 Å². The van der Waals surface area contributed by atoms with Crippen LogP contribution in [0.3, 0.4) is 0 Å². The van der Waals surface area contributed by atoms with Crippen LogP contribution in [0.1, 0.15) is 5.56 Å². The number of rotatable bonds is 4. The Morgan fingerprint density at radius 1 is 0.931 bits per heavy atom. The van der Waals surface area contributed by atoms with Crippen LogP contribution in [0, 0.1) is 0 Å². The van der Waals surface area contributed by atoms with E-state index in [1.54, 1.807) is 49.6 Å². The van der Waals surface area contributed by atoms with Crippen molar-refractivity contribution in [3.05, 3.63) is 63.8 Å². The molecule has 2 amide bonds. The van der Waals surface area contributed by atoms with Crippen LogP contribution < -0.4 is 9.64 Å². The van der Waals surface area contributed by atoms with Crippen molar-refractivity contribution in [3.63, 3.8) is 0 Å². The predicted octanol–water partition coefficient (Wildman–Crippen LogP) is 3.62. The predicted molar refractivity (Wildman–Crippen MR) is 111 cm³/mol. The van der Waals surface area contributed by atoms with Crippen molar-refractivity contribution < 1.29 is 19.1 Å². The molecular weight excluding hydrogens is 415 g/mol. The van der Waals surface area contributed by atoms with Crippen LogP contribution >= 0.6 is 23.2 Å². The van der Waals surface area contributed by atoms with Gasteiger partial charge < -0.3 is 14.4 Å². The number of carbonyl (C=O) groups excluding carboxylic acids is 2. The summed E-state index contributed by atoms with van der Waals surface area (Å²) < 4.78 is 10.6. The molecule has 4 rings (SSSR count). The molecule has 0 bridgehead atoms. The Bertz CT molecular complexity index is 978. The normalized spacial score (nSPS) is 17.3. The highest BCUT2D eigenvalue weighted by atomic mass is 35.5. The SMILES string of the molecule is COc1ccc(C2=C(N3CCOCC3)C(=O)N(c3cc(Cl)cc(Cl)c3)C2=O)cc1. The maximum Gasteiger partial charge on any atom is 0.282 e. The molecule has 1 saturated heterocycles. The molecule has 0 spiro atoms. The number of halogens is 2. The fourth-order valence-corrected chi connectivity index (χ4v) is 4.03. The Balaban J connectivity index is 1.82. The van der Waals surface area contributed by atoms with Gasteiger partial charge in [0.25, 0.3) is 11.8 Å². The van der Waals surface area contributed by atoms with Gasteiger partial charge in [-0.2, -0.15) is 0 Å². The first kappa shape index (κ1) is 19.8. The summed E-state index contributed by atoms with van der Waals surface area (Å²) in [6, 6.07) is 11.7. The molecule has 2 aromatic rings. The minimum Gasteiger partial charge on any atom is -0.497 e. The molecule has 150 valence electrons. The number of methoxy groups -OCH3 is 1. The minimum absolute atomic E-state index is 0.340. The Kier molecular flexibility index (Phi) is 5.50. The number of amides is 2. The lowest BCUT2D eigenvalue weighted by molar-refractivity contribution is -0.121. The number of carbonyl (C=O) groups is 2. The van der Waals surface area contributed by atoms with Crippen molar-refractivity contribution in [2.45, 2.75) is 0 Å². The van der Waals surface area contributed by atoms with E-state index in [0.717, 1.165) is 4.90 Å². The average Bonchev–Trinajstić information content (AvgIpc) is 2.98. The third kappa shape index (κ3) is 3.71. The van der Waals surface area contributed by atoms with Gasteiger partial charge in [0.05, 0.1) is 31.6 Å². The molecule has 0 saturated carbocycles. The number of hydrogen-bond acceptors (Lipinski definition) is 5. The minimum atomic E-state index is -0.417. The maximum atomic E-state index is 13.4. The first-order chi connectivity index (χ1) is 14.0. The molecule has 29 heavy (non-hydrogen) atoms. The first-order valence-electron chi connectivity index (χ1n) is 9.06. The van der Waals surface area contributed by atoms with Crippen LogP contribution in [0.2, 0.25) is 10.0 Å². The zero-order valence-corrected chi connectivity index (χ0v) is 17.2. The molecule has 0 aliphatic carbocycles. The molecule has 0 aromatic heterocycles. The van der Waals surface area contributed by atoms with Gasteiger partial charge in [0.2, 0.25) is 0 Å². The average molecular weight is 433 g/mol. The van der Waals surface area contributed by atoms with E-state index in [1.165, 1.54) is 0 Å². The van der Waals surface area contributed by atoms with Gasteiger partial charge >= 0.3 is 0 Å². The van der Waals surface area contributed by atoms with Gasteiger partial charge in [-0.1, -0.05) is 35.3 Å². The fourth-order valence-electron chi connectivity index (χ4n) is 3.52. The maximum absolute atomic E-state index is 13.4. The third-order valence-electron chi connectivity index (χ3n) is 4.87. The summed E-state index contributed by atoms with van der Waals surface area (Å²) in [7, 11) is 1.57. The van der Waals surface area contributed by atoms with Crippen LogP contribution in [0.5, 0.6) is 5.75 Å². The molecule has 0 N–H and O–H groups in total. The number of imide groups is 1. The smallest absolute Gasteiger partial charge is 0.282 e. The first-order valence-corrected chi connectivity index (χ1v) is 9.81. The van der Waals surface area contributed by atoms with E-state index in [9.17, 15) is 9.59 Å². The van der Waals surface area contributed by atoms with E-state index in [2.05, 4.69) is 0 Å². The molecule has 0 unspecified atom stereocenters. The summed E-state index contributed by atoms with van der Waals surface area (Å²) in [5.74, 6) is -0.154. The molecular formula is C21H18Cl2N2O4. The highest BCUT2D eigenvalue weighted by Crippen LogP contribution is 2.37. The van der Waals surface area contributed by atoms with Crippen molar-refractivity contribution >= 4 is 46.3 Å². The van der Waals surface area contributed by atoms with Gasteiger partial charge in [-0.3, -0.25) is 9.59 Å². The van der Waals surface area contributed by atoms with Crippen molar-refractivity contribution in [2.75, 3.05) is 38.3 Å². The van der Waals surface area contributed by atoms with Crippen LogP contribution in [-0.4, -0.2) is 50.1 Å². The number of anilines is 1. The lowest BCUT2D eigenvalue weighted by Gasteiger charge is -2.29. The molecule has 6 nitrogen and oxygen atoms in total. The Hall–Kier alpha value is -2.54. The van der Waals surface area contributed by atoms with E-state index in [1.807, 2.05) is 4.90 Å². The summed E-state index contributed by atoms with van der Waals surface area (Å²) in [5, 5.41) is 0.692. The monoisotopic (exact) mass is 432 g/mol. The third-order valence-corrected chi connectivity index (χ3v) is 5.31. The summed E-state index contributed by atoms with van der Waals surface area (Å²) in [6.45, 7) is 2.03. The fraction of sp³-hybridized carbons (Fsp3) is 0.238. The number of morpholine rings is 1. The van der Waals surface area contributed by atoms with Gasteiger partial charge in [0.1, 0.15) is 11.4 Å². The van der Waals surface area contributed by atoms with Crippen LogP contribution in [0.25, 0.3) is 5.57 Å². The van der Waals surface area contributed by atoms with Gasteiger partial charge in [-0.25, -0.2) is 4.90 Å². The second-order valence-corrected chi connectivity index (χ2v) is 7.50. The van der Waals surface area contributed by atoms with Crippen LogP contribution in [0.15, 0.2) is 48.2 Å². The molecule has 2 aromatic carbocycles. The Labute approximate surface area is 178 Å². The molecule has 0 radical (unpaired) electrons. The van der Waals surface area contributed by atoms with E-state index >= 15 is 0 Å². The van der Waals surface area contributed by atoms with Gasteiger partial charge in [-0.15, -0.1) is 0 Å². The second kappa shape index (κ2) is 8.06. The number of hydrogen-bond donors (Lipinski definition) is 0. The standard InChI is InChI=1S/C21H18Cl2N2O4/c1-28-17-4-2-13(3-5-17)18-19(24-6-8-29-9-7-24)21(27)25(20(18)26)16-11-14(22)10-15(23)12-16/h2-5,10-12H,6-9H2,1H3. The molecule has 0 atom stereocenters. The summed E-state index contributed by atoms with van der Waals surface area (Å²) in [4.78, 5) is 29.8. The number of ether oxygens (including phenoxy) is 2. The second-order valence-electron chi connectivity index (χ2n) is 6.62. The highest BCUT2D eigenvalue weighted by molar-refractivity contribution is 6.46. The number of benzene rings is 2. The van der Waals surface area contributed by atoms with Crippen molar-refractivity contribution in [2.24, 2.45) is 0 Å². The lowest BCUT2D eigenvalue weighted by atomic mass is 10.0. The Morgan fingerprint density at radius 3 is 2.14 bits per heavy atom. The lowest BCUT2D eigenvalue weighted by Crippen LogP contribution is -2.40. The van der Waals surface area contributed by atoms with Gasteiger partial charge in [-0.05, 0) is 35.9 Å². The molecule has 8 heteroatoms. The van der Waals surface area contributed by atoms with Crippen LogP contribution in [0.4, 0.5) is 5.69 Å². The summed E-state index contributed by atoms with van der Waals surface area (Å²) in [5.41, 5.74) is 1.68. The topological polar surface area (TPSA) is 59.1 Å². The van der Waals surface area contributed by atoms with Crippen molar-refractivity contribution in [1.82, 2.24) is 4.90 Å². The van der Waals surface area contributed by atoms with Crippen LogP contribution in [-0.2, 0) is 14.3 Å².